The number of nitrogens with zero attached hydrogens (tertiary/aromatic N) is 2. The van der Waals surface area contributed by atoms with Crippen molar-refractivity contribution in [3.05, 3.63) is 29.3 Å². The van der Waals surface area contributed by atoms with E-state index in [4.69, 9.17) is 16.3 Å². The van der Waals surface area contributed by atoms with Gasteiger partial charge in [-0.3, -0.25) is 14.9 Å². The molecular weight excluding hydrogens is 320 g/mol. The summed E-state index contributed by atoms with van der Waals surface area (Å²) in [4.78, 5) is 30.6. The summed E-state index contributed by atoms with van der Waals surface area (Å²) in [5.41, 5.74) is 0.508. The minimum Gasteiger partial charge on any atom is -0.378 e. The Morgan fingerprint density at radius 1 is 1.35 bits per heavy atom. The first-order chi connectivity index (χ1) is 11.1. The highest BCUT2D eigenvalue weighted by Gasteiger charge is 2.30. The van der Waals surface area contributed by atoms with E-state index in [2.05, 4.69) is 15.6 Å². The van der Waals surface area contributed by atoms with Gasteiger partial charge < -0.3 is 15.0 Å². The molecule has 8 heteroatoms. The number of carbonyl (C=O) groups is 2. The second-order valence-corrected chi connectivity index (χ2v) is 5.70. The summed E-state index contributed by atoms with van der Waals surface area (Å²) in [7, 11) is 0. The fourth-order valence-corrected chi connectivity index (χ4v) is 2.63. The van der Waals surface area contributed by atoms with Gasteiger partial charge in [0.25, 0.3) is 0 Å². The van der Waals surface area contributed by atoms with Crippen molar-refractivity contribution in [3.8, 4) is 0 Å². The molecule has 0 saturated carbocycles. The standard InChI is InChI=1S/C15H17ClN4O3/c16-10-3-1-2-4-11(10)17-14(22)12-9-13(21)19-15(18-12)20-5-7-23-8-6-20/h1-4,12H,5-9H2,(H,17,22)(H,18,19,21)/t12-/m0/s1. The van der Waals surface area contributed by atoms with E-state index in [1.54, 1.807) is 24.3 Å². The first-order valence-corrected chi connectivity index (χ1v) is 7.77. The summed E-state index contributed by atoms with van der Waals surface area (Å²) in [6.07, 6.45) is 0.0180. The zero-order valence-corrected chi connectivity index (χ0v) is 13.2. The van der Waals surface area contributed by atoms with Crippen LogP contribution in [-0.4, -0.2) is 55.0 Å². The Morgan fingerprint density at radius 3 is 2.83 bits per heavy atom. The van der Waals surface area contributed by atoms with Crippen molar-refractivity contribution in [2.24, 2.45) is 4.99 Å². The van der Waals surface area contributed by atoms with Crippen LogP contribution in [0.2, 0.25) is 5.02 Å². The molecule has 2 heterocycles. The van der Waals surface area contributed by atoms with Gasteiger partial charge in [-0.15, -0.1) is 0 Å². The van der Waals surface area contributed by atoms with E-state index in [0.29, 0.717) is 43.0 Å². The molecule has 2 N–H and O–H groups in total. The van der Waals surface area contributed by atoms with E-state index < -0.39 is 6.04 Å². The highest BCUT2D eigenvalue weighted by atomic mass is 35.5. The molecule has 3 rings (SSSR count). The monoisotopic (exact) mass is 336 g/mol. The second kappa shape index (κ2) is 6.97. The molecule has 2 aliphatic rings. The zero-order valence-electron chi connectivity index (χ0n) is 12.4. The van der Waals surface area contributed by atoms with E-state index in [9.17, 15) is 9.59 Å². The maximum absolute atomic E-state index is 12.4. The number of hydrogen-bond acceptors (Lipinski definition) is 5. The van der Waals surface area contributed by atoms with Crippen molar-refractivity contribution >= 4 is 35.1 Å². The van der Waals surface area contributed by atoms with Crippen LogP contribution in [0.3, 0.4) is 0 Å². The van der Waals surface area contributed by atoms with E-state index in [0.717, 1.165) is 0 Å². The zero-order chi connectivity index (χ0) is 16.2. The second-order valence-electron chi connectivity index (χ2n) is 5.29. The lowest BCUT2D eigenvalue weighted by Crippen LogP contribution is -2.53. The van der Waals surface area contributed by atoms with Gasteiger partial charge >= 0.3 is 0 Å². The molecule has 7 nitrogen and oxygen atoms in total. The Balaban J connectivity index is 1.73. The van der Waals surface area contributed by atoms with Gasteiger partial charge in [0.1, 0.15) is 6.04 Å². The fraction of sp³-hybridized carbons (Fsp3) is 0.400. The molecule has 0 aromatic heterocycles. The largest absolute Gasteiger partial charge is 0.378 e. The third-order valence-corrected chi connectivity index (χ3v) is 3.98. The normalized spacial score (nSPS) is 21.4. The summed E-state index contributed by atoms with van der Waals surface area (Å²) in [6, 6.07) is 6.18. The molecule has 2 amide bonds. The lowest BCUT2D eigenvalue weighted by Gasteiger charge is -2.32. The van der Waals surface area contributed by atoms with Crippen molar-refractivity contribution in [3.63, 3.8) is 0 Å². The van der Waals surface area contributed by atoms with Crippen LogP contribution in [0.15, 0.2) is 29.3 Å². The van der Waals surface area contributed by atoms with Gasteiger partial charge in [0, 0.05) is 13.1 Å². The van der Waals surface area contributed by atoms with Gasteiger partial charge in [0.05, 0.1) is 30.3 Å². The fourth-order valence-electron chi connectivity index (χ4n) is 2.44. The summed E-state index contributed by atoms with van der Waals surface area (Å²) >= 11 is 6.03. The third kappa shape index (κ3) is 3.80. The number of amides is 2. The molecular formula is C15H17ClN4O3. The molecule has 1 aromatic rings. The predicted molar refractivity (Wildman–Crippen MR) is 86.5 cm³/mol. The van der Waals surface area contributed by atoms with Crippen molar-refractivity contribution in [1.82, 2.24) is 10.2 Å². The molecule has 0 unspecified atom stereocenters. The Morgan fingerprint density at radius 2 is 2.09 bits per heavy atom. The molecule has 2 aliphatic heterocycles. The Hall–Kier alpha value is -2.12. The number of rotatable bonds is 2. The van der Waals surface area contributed by atoms with Gasteiger partial charge in [-0.25, -0.2) is 4.99 Å². The topological polar surface area (TPSA) is 83.0 Å². The summed E-state index contributed by atoms with van der Waals surface area (Å²) < 4.78 is 5.28. The SMILES string of the molecule is O=C1C[C@@H](C(=O)Nc2ccccc2Cl)N=C(N2CCOCC2)N1. The van der Waals surface area contributed by atoms with Crippen molar-refractivity contribution < 1.29 is 14.3 Å². The van der Waals surface area contributed by atoms with E-state index >= 15 is 0 Å². The van der Waals surface area contributed by atoms with Crippen molar-refractivity contribution in [2.75, 3.05) is 31.6 Å². The van der Waals surface area contributed by atoms with Crippen LogP contribution in [0.25, 0.3) is 0 Å². The number of morpholine rings is 1. The number of guanidine groups is 1. The Bertz CT molecular complexity index is 643. The molecule has 0 radical (unpaired) electrons. The quantitative estimate of drug-likeness (QED) is 0.839. The molecule has 1 saturated heterocycles. The molecule has 122 valence electrons. The van der Waals surface area contributed by atoms with Crippen LogP contribution in [0, 0.1) is 0 Å². The smallest absolute Gasteiger partial charge is 0.249 e. The number of ether oxygens (including phenoxy) is 1. The Kier molecular flexibility index (Phi) is 4.78. The van der Waals surface area contributed by atoms with Crippen LogP contribution in [-0.2, 0) is 14.3 Å². The first kappa shape index (κ1) is 15.8. The first-order valence-electron chi connectivity index (χ1n) is 7.39. The van der Waals surface area contributed by atoms with Gasteiger partial charge in [-0.05, 0) is 12.1 Å². The number of nitrogens with one attached hydrogen (secondary N) is 2. The maximum Gasteiger partial charge on any atom is 0.249 e. The van der Waals surface area contributed by atoms with Gasteiger partial charge in [0.15, 0.2) is 0 Å². The van der Waals surface area contributed by atoms with Crippen LogP contribution in [0.5, 0.6) is 0 Å². The number of carbonyl (C=O) groups excluding carboxylic acids is 2. The van der Waals surface area contributed by atoms with Crippen molar-refractivity contribution in [1.29, 1.82) is 0 Å². The molecule has 1 aromatic carbocycles. The summed E-state index contributed by atoms with van der Waals surface area (Å²) in [6.45, 7) is 2.42. The third-order valence-electron chi connectivity index (χ3n) is 3.65. The molecule has 23 heavy (non-hydrogen) atoms. The average molecular weight is 337 g/mol. The predicted octanol–water partition coefficient (Wildman–Crippen LogP) is 0.855. The van der Waals surface area contributed by atoms with Crippen LogP contribution < -0.4 is 10.6 Å². The Labute approximate surface area is 138 Å². The summed E-state index contributed by atoms with van der Waals surface area (Å²) in [5.74, 6) is -0.136. The van der Waals surface area contributed by atoms with Crippen LogP contribution >= 0.6 is 11.6 Å². The molecule has 1 atom stereocenters. The molecule has 0 bridgehead atoms. The number of benzene rings is 1. The number of halogens is 1. The summed E-state index contributed by atoms with van der Waals surface area (Å²) in [5, 5.41) is 5.89. The number of aliphatic imine (C=N–C) groups is 1. The number of para-hydroxylation sites is 1. The van der Waals surface area contributed by atoms with Crippen LogP contribution in [0.4, 0.5) is 5.69 Å². The minimum atomic E-state index is -0.766. The highest BCUT2D eigenvalue weighted by Crippen LogP contribution is 2.21. The maximum atomic E-state index is 12.4. The molecule has 0 aliphatic carbocycles. The highest BCUT2D eigenvalue weighted by molar-refractivity contribution is 6.33. The van der Waals surface area contributed by atoms with E-state index in [1.165, 1.54) is 0 Å². The van der Waals surface area contributed by atoms with Gasteiger partial charge in [-0.2, -0.15) is 0 Å². The molecule has 1 fully saturated rings. The van der Waals surface area contributed by atoms with Crippen molar-refractivity contribution in [2.45, 2.75) is 12.5 Å². The number of anilines is 1. The number of hydrogen-bond donors (Lipinski definition) is 2. The van der Waals surface area contributed by atoms with E-state index in [-0.39, 0.29) is 18.2 Å². The lowest BCUT2D eigenvalue weighted by atomic mass is 10.1. The van der Waals surface area contributed by atoms with Gasteiger partial charge in [-0.1, -0.05) is 23.7 Å². The van der Waals surface area contributed by atoms with Gasteiger partial charge in [0.2, 0.25) is 17.8 Å². The van der Waals surface area contributed by atoms with E-state index in [1.807, 2.05) is 4.90 Å². The van der Waals surface area contributed by atoms with Crippen LogP contribution in [0.1, 0.15) is 6.42 Å². The lowest BCUT2D eigenvalue weighted by molar-refractivity contribution is -0.125. The average Bonchev–Trinajstić information content (AvgIpc) is 2.57. The minimum absolute atomic E-state index is 0.0180. The molecule has 0 spiro atoms.